The number of carbonyl (C=O) groups excluding carboxylic acids is 1. The Bertz CT molecular complexity index is 335. The summed E-state index contributed by atoms with van der Waals surface area (Å²) in [5.74, 6) is 0.790. The van der Waals surface area contributed by atoms with Crippen LogP contribution in [0.3, 0.4) is 0 Å². The van der Waals surface area contributed by atoms with Crippen LogP contribution in [0.1, 0.15) is 46.0 Å². The van der Waals surface area contributed by atoms with Gasteiger partial charge in [0.1, 0.15) is 6.54 Å². The second-order valence-electron chi connectivity index (χ2n) is 5.94. The zero-order valence-electron chi connectivity index (χ0n) is 13.9. The summed E-state index contributed by atoms with van der Waals surface area (Å²) in [5.41, 5.74) is 0.445. The van der Waals surface area contributed by atoms with Crippen LogP contribution in [0.25, 0.3) is 0 Å². The minimum atomic E-state index is 0. The van der Waals surface area contributed by atoms with Crippen molar-refractivity contribution in [2.24, 2.45) is 10.4 Å². The standard InChI is InChI=1S/C15H30N4O.HI/c1-5-10-16-14(17-11-13(20)19(3)4)18-12-15(6-2)8-7-9-15;/h5-12H2,1-4H3,(H2,16,17,18);1H. The van der Waals surface area contributed by atoms with Crippen LogP contribution in [-0.4, -0.2) is 50.5 Å². The van der Waals surface area contributed by atoms with Crippen molar-refractivity contribution in [1.29, 1.82) is 0 Å². The maximum Gasteiger partial charge on any atom is 0.243 e. The number of amides is 1. The number of guanidine groups is 1. The number of hydrogen-bond acceptors (Lipinski definition) is 2. The summed E-state index contributed by atoms with van der Waals surface area (Å²) in [7, 11) is 3.51. The molecule has 0 heterocycles. The fourth-order valence-electron chi connectivity index (χ4n) is 2.31. The Morgan fingerprint density at radius 3 is 2.33 bits per heavy atom. The maximum absolute atomic E-state index is 11.6. The maximum atomic E-state index is 11.6. The van der Waals surface area contributed by atoms with Crippen LogP contribution in [0, 0.1) is 5.41 Å². The highest BCUT2D eigenvalue weighted by molar-refractivity contribution is 14.0. The van der Waals surface area contributed by atoms with Crippen molar-refractivity contribution >= 4 is 35.8 Å². The number of halogens is 1. The van der Waals surface area contributed by atoms with Crippen LogP contribution in [0.4, 0.5) is 0 Å². The average molecular weight is 410 g/mol. The van der Waals surface area contributed by atoms with Crippen LogP contribution in [-0.2, 0) is 4.79 Å². The van der Waals surface area contributed by atoms with Crippen molar-refractivity contribution in [1.82, 2.24) is 15.5 Å². The molecule has 6 heteroatoms. The minimum Gasteiger partial charge on any atom is -0.356 e. The van der Waals surface area contributed by atoms with E-state index in [4.69, 9.17) is 0 Å². The van der Waals surface area contributed by atoms with E-state index in [1.54, 1.807) is 19.0 Å². The number of carbonyl (C=O) groups is 1. The van der Waals surface area contributed by atoms with Crippen molar-refractivity contribution in [3.63, 3.8) is 0 Å². The largest absolute Gasteiger partial charge is 0.356 e. The molecular weight excluding hydrogens is 379 g/mol. The third kappa shape index (κ3) is 6.84. The lowest BCUT2D eigenvalue weighted by Gasteiger charge is -2.41. The molecule has 2 N–H and O–H groups in total. The van der Waals surface area contributed by atoms with Crippen molar-refractivity contribution in [2.75, 3.05) is 33.7 Å². The topological polar surface area (TPSA) is 56.7 Å². The van der Waals surface area contributed by atoms with Crippen molar-refractivity contribution in [2.45, 2.75) is 46.0 Å². The Kier molecular flexibility index (Phi) is 9.98. The van der Waals surface area contributed by atoms with Gasteiger partial charge in [-0.3, -0.25) is 4.79 Å². The Labute approximate surface area is 146 Å². The summed E-state index contributed by atoms with van der Waals surface area (Å²) >= 11 is 0. The van der Waals surface area contributed by atoms with Gasteiger partial charge >= 0.3 is 0 Å². The fraction of sp³-hybridized carbons (Fsp3) is 0.867. The molecule has 1 aliphatic carbocycles. The lowest BCUT2D eigenvalue weighted by Crippen LogP contribution is -2.46. The van der Waals surface area contributed by atoms with Gasteiger partial charge in [-0.05, 0) is 31.1 Å². The smallest absolute Gasteiger partial charge is 0.243 e. The van der Waals surface area contributed by atoms with E-state index in [9.17, 15) is 4.79 Å². The molecule has 0 unspecified atom stereocenters. The fourth-order valence-corrected chi connectivity index (χ4v) is 2.31. The summed E-state index contributed by atoms with van der Waals surface area (Å²) in [6.07, 6.45) is 6.19. The third-order valence-corrected chi connectivity index (χ3v) is 4.21. The van der Waals surface area contributed by atoms with E-state index in [-0.39, 0.29) is 36.4 Å². The molecule has 0 atom stereocenters. The molecule has 1 saturated carbocycles. The molecule has 1 aliphatic rings. The summed E-state index contributed by atoms with van der Waals surface area (Å²) in [6.45, 7) is 6.41. The van der Waals surface area contributed by atoms with E-state index in [1.165, 1.54) is 25.7 Å². The van der Waals surface area contributed by atoms with Gasteiger partial charge < -0.3 is 15.5 Å². The van der Waals surface area contributed by atoms with Gasteiger partial charge in [-0.1, -0.05) is 20.3 Å². The summed E-state index contributed by atoms with van der Waals surface area (Å²) in [6, 6.07) is 0. The van der Waals surface area contributed by atoms with Gasteiger partial charge in [0.25, 0.3) is 0 Å². The van der Waals surface area contributed by atoms with E-state index in [1.807, 2.05) is 0 Å². The number of nitrogens with zero attached hydrogens (tertiary/aromatic N) is 2. The van der Waals surface area contributed by atoms with Crippen LogP contribution in [0.15, 0.2) is 4.99 Å². The first-order valence-electron chi connectivity index (χ1n) is 7.75. The SMILES string of the molecule is CCCNC(=NCC(=O)N(C)C)NCC1(CC)CCC1.I. The van der Waals surface area contributed by atoms with Gasteiger partial charge in [-0.25, -0.2) is 4.99 Å². The minimum absolute atomic E-state index is 0. The van der Waals surface area contributed by atoms with Crippen LogP contribution in [0.2, 0.25) is 0 Å². The zero-order valence-corrected chi connectivity index (χ0v) is 16.2. The first-order chi connectivity index (χ1) is 9.53. The number of rotatable bonds is 7. The van der Waals surface area contributed by atoms with Gasteiger partial charge in [0.05, 0.1) is 0 Å². The molecule has 124 valence electrons. The molecule has 0 aliphatic heterocycles. The lowest BCUT2D eigenvalue weighted by atomic mass is 9.67. The average Bonchev–Trinajstić information content (AvgIpc) is 2.39. The van der Waals surface area contributed by atoms with Crippen molar-refractivity contribution in [3.05, 3.63) is 0 Å². The number of aliphatic imine (C=N–C) groups is 1. The molecule has 0 spiro atoms. The van der Waals surface area contributed by atoms with Gasteiger partial charge in [0.2, 0.25) is 5.91 Å². The van der Waals surface area contributed by atoms with Crippen LogP contribution in [0.5, 0.6) is 0 Å². The zero-order chi connectivity index (χ0) is 15.0. The Morgan fingerprint density at radius 1 is 1.24 bits per heavy atom. The molecule has 0 aromatic rings. The summed E-state index contributed by atoms with van der Waals surface area (Å²) in [5, 5.41) is 6.69. The molecule has 21 heavy (non-hydrogen) atoms. The molecule has 1 fully saturated rings. The Balaban J connectivity index is 0.00000400. The lowest BCUT2D eigenvalue weighted by molar-refractivity contribution is -0.127. The molecule has 0 bridgehead atoms. The van der Waals surface area contributed by atoms with Gasteiger partial charge in [0, 0.05) is 27.2 Å². The van der Waals surface area contributed by atoms with E-state index in [0.29, 0.717) is 5.41 Å². The number of nitrogens with one attached hydrogen (secondary N) is 2. The molecule has 0 saturated heterocycles. The van der Waals surface area contributed by atoms with Gasteiger partial charge in [-0.15, -0.1) is 24.0 Å². The van der Waals surface area contributed by atoms with Gasteiger partial charge in [0.15, 0.2) is 5.96 Å². The molecule has 1 rings (SSSR count). The molecule has 0 radical (unpaired) electrons. The number of likely N-dealkylation sites (N-methyl/N-ethyl adjacent to an activating group) is 1. The molecule has 5 nitrogen and oxygen atoms in total. The van der Waals surface area contributed by atoms with Crippen LogP contribution >= 0.6 is 24.0 Å². The number of hydrogen-bond donors (Lipinski definition) is 2. The first kappa shape index (κ1) is 20.5. The molecule has 1 amide bonds. The summed E-state index contributed by atoms with van der Waals surface area (Å²) < 4.78 is 0. The second kappa shape index (κ2) is 10.2. The van der Waals surface area contributed by atoms with E-state index in [0.717, 1.165) is 25.5 Å². The third-order valence-electron chi connectivity index (χ3n) is 4.21. The summed E-state index contributed by atoms with van der Waals surface area (Å²) in [4.78, 5) is 17.6. The molecular formula is C15H31IN4O. The van der Waals surface area contributed by atoms with Crippen molar-refractivity contribution in [3.8, 4) is 0 Å². The second-order valence-corrected chi connectivity index (χ2v) is 5.94. The predicted molar refractivity (Wildman–Crippen MR) is 99.3 cm³/mol. The van der Waals surface area contributed by atoms with Crippen molar-refractivity contribution < 1.29 is 4.79 Å². The normalized spacial score (nSPS) is 16.5. The monoisotopic (exact) mass is 410 g/mol. The molecule has 0 aromatic carbocycles. The Hall–Kier alpha value is -0.530. The highest BCUT2D eigenvalue weighted by atomic mass is 127. The van der Waals surface area contributed by atoms with E-state index < -0.39 is 0 Å². The van der Waals surface area contributed by atoms with Crippen LogP contribution < -0.4 is 10.6 Å². The quantitative estimate of drug-likeness (QED) is 0.385. The van der Waals surface area contributed by atoms with Gasteiger partial charge in [-0.2, -0.15) is 0 Å². The van der Waals surface area contributed by atoms with E-state index in [2.05, 4.69) is 29.5 Å². The van der Waals surface area contributed by atoms with E-state index >= 15 is 0 Å². The highest BCUT2D eigenvalue weighted by Crippen LogP contribution is 2.42. The molecule has 0 aromatic heterocycles. The first-order valence-corrected chi connectivity index (χ1v) is 7.75. The highest BCUT2D eigenvalue weighted by Gasteiger charge is 2.34. The Morgan fingerprint density at radius 2 is 1.90 bits per heavy atom. The predicted octanol–water partition coefficient (Wildman–Crippen LogP) is 2.22.